The van der Waals surface area contributed by atoms with Crippen LogP contribution in [0.5, 0.6) is 0 Å². The van der Waals surface area contributed by atoms with E-state index in [1.165, 1.54) is 11.1 Å². The standard InChI is InChI=1S/C13H17N3O4/c1-2-20-13(19)10-5-3-4-6-16(10)12(18)9-7-15-11(17)8-14-9/h7-8,10H,2-6H2,1H3,(H,15,17). The molecular weight excluding hydrogens is 262 g/mol. The summed E-state index contributed by atoms with van der Waals surface area (Å²) in [7, 11) is 0. The largest absolute Gasteiger partial charge is 0.464 e. The predicted molar refractivity (Wildman–Crippen MR) is 70.2 cm³/mol. The number of aromatic nitrogens is 2. The Morgan fingerprint density at radius 2 is 2.30 bits per heavy atom. The average Bonchev–Trinajstić information content (AvgIpc) is 2.47. The van der Waals surface area contributed by atoms with E-state index >= 15 is 0 Å². The van der Waals surface area contributed by atoms with Gasteiger partial charge in [-0.05, 0) is 26.2 Å². The second-order valence-electron chi connectivity index (χ2n) is 4.56. The van der Waals surface area contributed by atoms with E-state index in [1.54, 1.807) is 6.92 Å². The van der Waals surface area contributed by atoms with Crippen LogP contribution >= 0.6 is 0 Å². The highest BCUT2D eigenvalue weighted by atomic mass is 16.5. The number of nitrogens with one attached hydrogen (secondary N) is 1. The number of piperidine rings is 1. The fourth-order valence-corrected chi connectivity index (χ4v) is 2.26. The molecule has 0 saturated carbocycles. The second-order valence-corrected chi connectivity index (χ2v) is 4.56. The molecule has 7 heteroatoms. The van der Waals surface area contributed by atoms with Gasteiger partial charge in [-0.25, -0.2) is 9.78 Å². The molecule has 1 aliphatic rings. The van der Waals surface area contributed by atoms with Gasteiger partial charge in [-0.1, -0.05) is 0 Å². The molecule has 1 amide bonds. The van der Waals surface area contributed by atoms with E-state index in [2.05, 4.69) is 9.97 Å². The Balaban J connectivity index is 2.18. The number of carbonyl (C=O) groups excluding carboxylic acids is 2. The molecule has 2 heterocycles. The Kier molecular flexibility index (Phi) is 4.49. The molecule has 20 heavy (non-hydrogen) atoms. The van der Waals surface area contributed by atoms with Crippen molar-refractivity contribution in [3.63, 3.8) is 0 Å². The van der Waals surface area contributed by atoms with Crippen molar-refractivity contribution in [2.45, 2.75) is 32.2 Å². The summed E-state index contributed by atoms with van der Waals surface area (Å²) in [6.07, 6.45) is 4.63. The predicted octanol–water partition coefficient (Wildman–Crippen LogP) is 0.328. The maximum absolute atomic E-state index is 12.4. The Labute approximate surface area is 116 Å². The van der Waals surface area contributed by atoms with Crippen LogP contribution in [0.1, 0.15) is 36.7 Å². The summed E-state index contributed by atoms with van der Waals surface area (Å²) in [6, 6.07) is -0.565. The van der Waals surface area contributed by atoms with Crippen LogP contribution in [-0.2, 0) is 9.53 Å². The molecule has 108 valence electrons. The molecule has 0 spiro atoms. The van der Waals surface area contributed by atoms with Crippen molar-refractivity contribution in [2.75, 3.05) is 13.2 Å². The number of rotatable bonds is 3. The molecule has 0 bridgehead atoms. The molecule has 0 aromatic carbocycles. The van der Waals surface area contributed by atoms with Gasteiger partial charge in [-0.2, -0.15) is 0 Å². The van der Waals surface area contributed by atoms with E-state index in [0.717, 1.165) is 19.0 Å². The van der Waals surface area contributed by atoms with Gasteiger partial charge in [0.2, 0.25) is 0 Å². The van der Waals surface area contributed by atoms with Gasteiger partial charge in [-0.15, -0.1) is 0 Å². The molecule has 1 atom stereocenters. The van der Waals surface area contributed by atoms with Crippen LogP contribution < -0.4 is 5.56 Å². The number of esters is 1. The lowest BCUT2D eigenvalue weighted by Gasteiger charge is -2.33. The molecule has 1 saturated heterocycles. The van der Waals surface area contributed by atoms with Gasteiger partial charge < -0.3 is 14.6 Å². The number of carbonyl (C=O) groups is 2. The molecular formula is C13H17N3O4. The first-order chi connectivity index (χ1) is 9.63. The lowest BCUT2D eigenvalue weighted by atomic mass is 10.0. The molecule has 2 rings (SSSR count). The second kappa shape index (κ2) is 6.31. The summed E-state index contributed by atoms with van der Waals surface area (Å²) < 4.78 is 5.01. The van der Waals surface area contributed by atoms with Gasteiger partial charge in [0.05, 0.1) is 12.8 Å². The van der Waals surface area contributed by atoms with Crippen molar-refractivity contribution in [3.05, 3.63) is 28.4 Å². The van der Waals surface area contributed by atoms with E-state index in [9.17, 15) is 14.4 Å². The van der Waals surface area contributed by atoms with Crippen LogP contribution in [-0.4, -0.2) is 45.9 Å². The topological polar surface area (TPSA) is 92.4 Å². The summed E-state index contributed by atoms with van der Waals surface area (Å²) >= 11 is 0. The number of nitrogens with zero attached hydrogens (tertiary/aromatic N) is 2. The number of H-pyrrole nitrogens is 1. The van der Waals surface area contributed by atoms with Crippen molar-refractivity contribution in [1.82, 2.24) is 14.9 Å². The highest BCUT2D eigenvalue weighted by molar-refractivity contribution is 5.95. The zero-order valence-corrected chi connectivity index (χ0v) is 11.3. The van der Waals surface area contributed by atoms with Crippen molar-refractivity contribution < 1.29 is 14.3 Å². The van der Waals surface area contributed by atoms with Crippen molar-refractivity contribution in [2.24, 2.45) is 0 Å². The van der Waals surface area contributed by atoms with Gasteiger partial charge in [0.15, 0.2) is 0 Å². The average molecular weight is 279 g/mol. The van der Waals surface area contributed by atoms with Crippen LogP contribution in [0.25, 0.3) is 0 Å². The fraction of sp³-hybridized carbons (Fsp3) is 0.538. The number of hydrogen-bond acceptors (Lipinski definition) is 5. The van der Waals surface area contributed by atoms with E-state index in [4.69, 9.17) is 4.74 Å². The number of likely N-dealkylation sites (tertiary alicyclic amines) is 1. The van der Waals surface area contributed by atoms with Crippen molar-refractivity contribution in [3.8, 4) is 0 Å². The highest BCUT2D eigenvalue weighted by Gasteiger charge is 2.34. The third kappa shape index (κ3) is 3.04. The van der Waals surface area contributed by atoms with Crippen LogP contribution in [0.4, 0.5) is 0 Å². The summed E-state index contributed by atoms with van der Waals surface area (Å²) in [4.78, 5) is 42.9. The van der Waals surface area contributed by atoms with E-state index in [1.807, 2.05) is 0 Å². The van der Waals surface area contributed by atoms with E-state index in [-0.39, 0.29) is 29.7 Å². The van der Waals surface area contributed by atoms with Crippen LogP contribution in [0.2, 0.25) is 0 Å². The van der Waals surface area contributed by atoms with Crippen molar-refractivity contribution in [1.29, 1.82) is 0 Å². The number of hydrogen-bond donors (Lipinski definition) is 1. The number of amides is 1. The first-order valence-corrected chi connectivity index (χ1v) is 6.66. The Morgan fingerprint density at radius 3 is 2.95 bits per heavy atom. The molecule has 1 unspecified atom stereocenters. The molecule has 1 aromatic rings. The lowest BCUT2D eigenvalue weighted by molar-refractivity contribution is -0.149. The molecule has 1 aromatic heterocycles. The first kappa shape index (κ1) is 14.2. The van der Waals surface area contributed by atoms with Gasteiger partial charge >= 0.3 is 5.97 Å². The van der Waals surface area contributed by atoms with Gasteiger partial charge in [0, 0.05) is 12.7 Å². The normalized spacial score (nSPS) is 18.6. The minimum absolute atomic E-state index is 0.126. The monoisotopic (exact) mass is 279 g/mol. The molecule has 1 aliphatic heterocycles. The minimum Gasteiger partial charge on any atom is -0.464 e. The third-order valence-electron chi connectivity index (χ3n) is 3.21. The van der Waals surface area contributed by atoms with E-state index < -0.39 is 6.04 Å². The number of aromatic amines is 1. The molecule has 1 N–H and O–H groups in total. The molecule has 7 nitrogen and oxygen atoms in total. The van der Waals surface area contributed by atoms with Gasteiger partial charge in [0.1, 0.15) is 11.7 Å². The van der Waals surface area contributed by atoms with Crippen LogP contribution in [0.3, 0.4) is 0 Å². The maximum atomic E-state index is 12.4. The SMILES string of the molecule is CCOC(=O)C1CCCCN1C(=O)c1c[nH]c(=O)cn1. The lowest BCUT2D eigenvalue weighted by Crippen LogP contribution is -2.49. The third-order valence-corrected chi connectivity index (χ3v) is 3.21. The summed E-state index contributed by atoms with van der Waals surface area (Å²) in [6.45, 7) is 2.51. The highest BCUT2D eigenvalue weighted by Crippen LogP contribution is 2.20. The molecule has 1 fully saturated rings. The van der Waals surface area contributed by atoms with E-state index in [0.29, 0.717) is 13.0 Å². The van der Waals surface area contributed by atoms with Crippen LogP contribution in [0, 0.1) is 0 Å². The summed E-state index contributed by atoms with van der Waals surface area (Å²) in [5.74, 6) is -0.746. The zero-order valence-electron chi connectivity index (χ0n) is 11.3. The zero-order chi connectivity index (χ0) is 14.5. The van der Waals surface area contributed by atoms with Gasteiger partial charge in [-0.3, -0.25) is 9.59 Å². The molecule has 0 aliphatic carbocycles. The summed E-state index contributed by atoms with van der Waals surface area (Å²) in [5, 5.41) is 0. The minimum atomic E-state index is -0.565. The smallest absolute Gasteiger partial charge is 0.328 e. The van der Waals surface area contributed by atoms with Crippen LogP contribution in [0.15, 0.2) is 17.2 Å². The number of ether oxygens (including phenoxy) is 1. The molecule has 0 radical (unpaired) electrons. The Hall–Kier alpha value is -2.18. The van der Waals surface area contributed by atoms with Gasteiger partial charge in [0.25, 0.3) is 11.5 Å². The maximum Gasteiger partial charge on any atom is 0.328 e. The Morgan fingerprint density at radius 1 is 1.50 bits per heavy atom. The summed E-state index contributed by atoms with van der Waals surface area (Å²) in [5.41, 5.74) is -0.247. The van der Waals surface area contributed by atoms with Crippen molar-refractivity contribution >= 4 is 11.9 Å². The fourth-order valence-electron chi connectivity index (χ4n) is 2.26. The quantitative estimate of drug-likeness (QED) is 0.805. The first-order valence-electron chi connectivity index (χ1n) is 6.66. The Bertz CT molecular complexity index is 534.